The Labute approximate surface area is 163 Å². The Morgan fingerprint density at radius 3 is 1.23 bits per heavy atom. The van der Waals surface area contributed by atoms with Crippen molar-refractivity contribution in [3.8, 4) is 11.8 Å². The Hall–Kier alpha value is -1.29. The second-order valence-electron chi connectivity index (χ2n) is 6.64. The number of ketones is 1. The average Bonchev–Trinajstić information content (AvgIpc) is 2.36. The molecule has 0 fully saturated rings. The minimum absolute atomic E-state index is 0. The predicted octanol–water partition coefficient (Wildman–Crippen LogP) is 6.00. The second kappa shape index (κ2) is 12.2. The van der Waals surface area contributed by atoms with Crippen molar-refractivity contribution < 1.29 is 55.7 Å². The van der Waals surface area contributed by atoms with Crippen molar-refractivity contribution in [2.75, 3.05) is 0 Å². The van der Waals surface area contributed by atoms with Crippen LogP contribution in [0.15, 0.2) is 25.0 Å². The molecule has 0 aromatic heterocycles. The summed E-state index contributed by atoms with van der Waals surface area (Å²) >= 11 is 0. The number of aliphatic hydroxyl groups is 1. The molecule has 0 aliphatic heterocycles. The summed E-state index contributed by atoms with van der Waals surface area (Å²) in [6.07, 6.45) is -8.81. The molecule has 0 atom stereocenters. The number of halogens is 6. The molecule has 0 rings (SSSR count). The zero-order valence-electron chi connectivity index (χ0n) is 15.4. The zero-order chi connectivity index (χ0) is 21.3. The fourth-order valence-electron chi connectivity index (χ4n) is 0.699. The van der Waals surface area contributed by atoms with Gasteiger partial charge in [-0.05, 0) is 0 Å². The van der Waals surface area contributed by atoms with E-state index in [1.165, 1.54) is 6.08 Å². The van der Waals surface area contributed by atoms with E-state index in [2.05, 4.69) is 13.2 Å². The molecule has 0 bridgehead atoms. The van der Waals surface area contributed by atoms with E-state index >= 15 is 0 Å². The number of rotatable bonds is 1. The zero-order valence-corrected chi connectivity index (χ0v) is 17.1. The van der Waals surface area contributed by atoms with Gasteiger partial charge >= 0.3 is 12.4 Å². The van der Waals surface area contributed by atoms with Crippen LogP contribution in [0.25, 0.3) is 0 Å². The van der Waals surface area contributed by atoms with Gasteiger partial charge in [-0.2, -0.15) is 26.3 Å². The molecule has 9 heteroatoms. The maximum Gasteiger partial charge on any atom is 0.457 e. The minimum Gasteiger partial charge on any atom is -0.512 e. The topological polar surface area (TPSA) is 37.3 Å². The first-order chi connectivity index (χ1) is 10.8. The Kier molecular flexibility index (Phi) is 15.2. The molecule has 1 radical (unpaired) electrons. The van der Waals surface area contributed by atoms with Crippen molar-refractivity contribution in [3.05, 3.63) is 25.0 Å². The molecule has 0 saturated carbocycles. The molecule has 1 N–H and O–H groups in total. The molecule has 0 heterocycles. The Morgan fingerprint density at radius 1 is 0.808 bits per heavy atom. The van der Waals surface area contributed by atoms with Crippen LogP contribution in [-0.2, 0) is 24.3 Å². The van der Waals surface area contributed by atoms with E-state index in [4.69, 9.17) is 0 Å². The molecule has 0 aliphatic rings. The Balaban J connectivity index is -0.000000168. The Morgan fingerprint density at radius 2 is 1.08 bits per heavy atom. The van der Waals surface area contributed by atoms with Crippen LogP contribution in [0.2, 0.25) is 0 Å². The molecule has 0 saturated heterocycles. The average molecular weight is 477 g/mol. The minimum atomic E-state index is -5.07. The Bertz CT molecular complexity index is 491. The number of hydrogen-bond donors (Lipinski definition) is 1. The summed E-state index contributed by atoms with van der Waals surface area (Å²) in [5.74, 6) is 0.278. The number of hydrogen-bond acceptors (Lipinski definition) is 2. The summed E-state index contributed by atoms with van der Waals surface area (Å²) in [7, 11) is 0. The van der Waals surface area contributed by atoms with Crippen LogP contribution >= 0.6 is 0 Å². The van der Waals surface area contributed by atoms with Crippen molar-refractivity contribution in [2.45, 2.75) is 53.9 Å². The maximum absolute atomic E-state index is 11.5. The summed E-state index contributed by atoms with van der Waals surface area (Å²) in [4.78, 5) is 11.5. The first-order valence-electron chi connectivity index (χ1n) is 6.89. The van der Waals surface area contributed by atoms with E-state index in [9.17, 15) is 36.2 Å². The van der Waals surface area contributed by atoms with Gasteiger partial charge in [0.25, 0.3) is 0 Å². The third kappa shape index (κ3) is 22.7. The van der Waals surface area contributed by atoms with Crippen LogP contribution in [0.1, 0.15) is 41.5 Å². The van der Waals surface area contributed by atoms with E-state index in [-0.39, 0.29) is 48.3 Å². The molecule has 0 amide bonds. The van der Waals surface area contributed by atoms with Gasteiger partial charge in [0.2, 0.25) is 0 Å². The normalized spacial score (nSPS) is 12.1. The van der Waals surface area contributed by atoms with Gasteiger partial charge in [0.05, 0.1) is 0 Å². The van der Waals surface area contributed by atoms with Gasteiger partial charge in [-0.15, -0.1) is 13.2 Å². The van der Waals surface area contributed by atoms with Crippen LogP contribution in [0.4, 0.5) is 26.3 Å². The molecule has 155 valence electrons. The number of allylic oxidation sites excluding steroid dienone is 2. The largest absolute Gasteiger partial charge is 0.512 e. The van der Waals surface area contributed by atoms with Crippen LogP contribution in [0.5, 0.6) is 0 Å². The summed E-state index contributed by atoms with van der Waals surface area (Å²) in [5.41, 5.74) is -0.764. The number of carbonyl (C=O) groups is 1. The van der Waals surface area contributed by atoms with E-state index < -0.39 is 17.8 Å². The van der Waals surface area contributed by atoms with Gasteiger partial charge in [0.1, 0.15) is 5.76 Å². The molecule has 0 aliphatic carbocycles. The number of carbonyl (C=O) groups excluding carboxylic acids is 1. The van der Waals surface area contributed by atoms with Crippen LogP contribution in [0, 0.1) is 22.7 Å². The van der Waals surface area contributed by atoms with Gasteiger partial charge in [0.15, 0.2) is 5.78 Å². The van der Waals surface area contributed by atoms with Crippen molar-refractivity contribution >= 4 is 5.78 Å². The maximum atomic E-state index is 11.5. The summed E-state index contributed by atoms with van der Waals surface area (Å²) in [6.45, 7) is 17.1. The van der Waals surface area contributed by atoms with E-state index in [1.54, 1.807) is 0 Å². The quantitative estimate of drug-likeness (QED) is 0.126. The van der Waals surface area contributed by atoms with Gasteiger partial charge in [0, 0.05) is 48.2 Å². The summed E-state index contributed by atoms with van der Waals surface area (Å²) in [6, 6.07) is 0. The molecule has 2 nitrogen and oxygen atoms in total. The van der Waals surface area contributed by atoms with E-state index in [0.29, 0.717) is 0 Å². The van der Waals surface area contributed by atoms with Gasteiger partial charge in [-0.25, -0.2) is 0 Å². The van der Waals surface area contributed by atoms with Gasteiger partial charge < -0.3 is 5.11 Å². The molecule has 0 spiro atoms. The fraction of sp³-hybridized carbons (Fsp3) is 0.588. The van der Waals surface area contributed by atoms with Crippen LogP contribution < -0.4 is 0 Å². The third-order valence-electron chi connectivity index (χ3n) is 2.12. The molecule has 0 unspecified atom stereocenters. The van der Waals surface area contributed by atoms with Gasteiger partial charge in [-0.3, -0.25) is 4.79 Å². The molecule has 0 aromatic carbocycles. The first kappa shape index (κ1) is 32.4. The smallest absolute Gasteiger partial charge is 0.457 e. The second-order valence-corrected chi connectivity index (χ2v) is 6.64. The summed E-state index contributed by atoms with van der Waals surface area (Å²) in [5, 5.41) is 9.56. The van der Waals surface area contributed by atoms with E-state index in [1.807, 2.05) is 41.5 Å². The van der Waals surface area contributed by atoms with Crippen molar-refractivity contribution in [2.24, 2.45) is 10.8 Å². The van der Waals surface area contributed by atoms with E-state index in [0.717, 1.165) is 0 Å². The van der Waals surface area contributed by atoms with Crippen molar-refractivity contribution in [1.82, 2.24) is 0 Å². The summed E-state index contributed by atoms with van der Waals surface area (Å²) < 4.78 is 65.5. The first-order valence-corrected chi connectivity index (χ1v) is 6.89. The number of alkyl halides is 6. The van der Waals surface area contributed by atoms with Crippen molar-refractivity contribution in [3.63, 3.8) is 0 Å². The molecular formula is C17H24F6O2Rh. The molecule has 26 heavy (non-hydrogen) atoms. The van der Waals surface area contributed by atoms with Crippen molar-refractivity contribution in [1.29, 1.82) is 0 Å². The molecule has 0 aromatic rings. The number of aliphatic hydroxyl groups excluding tert-OH is 1. The predicted molar refractivity (Wildman–Crippen MR) is 85.8 cm³/mol. The van der Waals surface area contributed by atoms with Crippen LogP contribution in [-0.4, -0.2) is 23.2 Å². The van der Waals surface area contributed by atoms with Crippen LogP contribution in [0.3, 0.4) is 0 Å². The fourth-order valence-corrected chi connectivity index (χ4v) is 0.699. The SMILES string of the molecule is C=C.CC(C)(C)C(=O)/C=C(\O)C(C)(C)C.FC(F)(F)C#CC(F)(F)F.[Rh]. The molecular weight excluding hydrogens is 453 g/mol. The van der Waals surface area contributed by atoms with Gasteiger partial charge in [-0.1, -0.05) is 41.5 Å². The third-order valence-corrected chi connectivity index (χ3v) is 2.12. The standard InChI is InChI=1S/C11H20O2.C4F6.C2H4.Rh/c1-10(2,3)8(12)7-9(13)11(4,5)6;5-3(6,7)1-2-4(8,9)10;1-2;/h7,12H,1-6H3;;1-2H2;/b8-7-;;;. The monoisotopic (exact) mass is 477 g/mol.